The summed E-state index contributed by atoms with van der Waals surface area (Å²) < 4.78 is 16.7. The topological polar surface area (TPSA) is 44.8 Å². The normalized spacial score (nSPS) is 14.9. The highest BCUT2D eigenvalue weighted by Crippen LogP contribution is 2.31. The lowest BCUT2D eigenvalue weighted by atomic mass is 9.98. The molecule has 0 radical (unpaired) electrons. The van der Waals surface area contributed by atoms with Gasteiger partial charge in [0, 0.05) is 5.57 Å². The van der Waals surface area contributed by atoms with Crippen LogP contribution in [0.15, 0.2) is 48.0 Å². The van der Waals surface area contributed by atoms with E-state index in [4.69, 9.17) is 14.2 Å². The van der Waals surface area contributed by atoms with E-state index >= 15 is 0 Å². The Bertz CT molecular complexity index is 777. The minimum absolute atomic E-state index is 0.00197. The molecule has 1 heterocycles. The second-order valence-corrected chi connectivity index (χ2v) is 5.54. The van der Waals surface area contributed by atoms with Gasteiger partial charge >= 0.3 is 0 Å². The van der Waals surface area contributed by atoms with Crippen LogP contribution < -0.4 is 14.2 Å². The number of methoxy groups -OCH3 is 1. The van der Waals surface area contributed by atoms with Crippen molar-refractivity contribution in [1.82, 2.24) is 0 Å². The summed E-state index contributed by atoms with van der Waals surface area (Å²) in [6.07, 6.45) is 2.77. The molecule has 0 saturated heterocycles. The number of fused-ring (bicyclic) bond motifs is 1. The third-order valence-electron chi connectivity index (χ3n) is 3.80. The van der Waals surface area contributed by atoms with Gasteiger partial charge in [0.25, 0.3) is 0 Å². The van der Waals surface area contributed by atoms with Crippen molar-refractivity contribution in [3.05, 3.63) is 59.2 Å². The molecule has 2 aromatic carbocycles. The van der Waals surface area contributed by atoms with E-state index in [1.54, 1.807) is 13.2 Å². The Kier molecular flexibility index (Phi) is 4.85. The number of benzene rings is 2. The van der Waals surface area contributed by atoms with Gasteiger partial charge in [-0.2, -0.15) is 0 Å². The maximum atomic E-state index is 12.6. The van der Waals surface area contributed by atoms with Crippen LogP contribution in [0.5, 0.6) is 17.2 Å². The lowest BCUT2D eigenvalue weighted by Gasteiger charge is -2.18. The zero-order chi connectivity index (χ0) is 16.9. The van der Waals surface area contributed by atoms with E-state index in [1.165, 1.54) is 0 Å². The van der Waals surface area contributed by atoms with Gasteiger partial charge in [0.1, 0.15) is 12.4 Å². The highest BCUT2D eigenvalue weighted by atomic mass is 16.5. The van der Waals surface area contributed by atoms with E-state index in [-0.39, 0.29) is 12.4 Å². The molecule has 0 amide bonds. The van der Waals surface area contributed by atoms with Crippen LogP contribution in [0.1, 0.15) is 29.3 Å². The lowest BCUT2D eigenvalue weighted by Crippen LogP contribution is -2.18. The fourth-order valence-corrected chi connectivity index (χ4v) is 2.59. The molecule has 4 nitrogen and oxygen atoms in total. The van der Waals surface area contributed by atoms with Gasteiger partial charge in [0.2, 0.25) is 0 Å². The maximum Gasteiger partial charge on any atom is 0.196 e. The molecule has 2 aromatic rings. The summed E-state index contributed by atoms with van der Waals surface area (Å²) in [5.74, 6) is 2.00. The molecule has 1 aliphatic rings. The molecule has 3 rings (SSSR count). The SMILES string of the molecule is CCCOc1ccc(/C=C2\COc3ccccc3C2=O)cc1OC. The quantitative estimate of drug-likeness (QED) is 0.775. The summed E-state index contributed by atoms with van der Waals surface area (Å²) in [7, 11) is 1.61. The molecule has 0 N–H and O–H groups in total. The Morgan fingerprint density at radius 2 is 2.00 bits per heavy atom. The van der Waals surface area contributed by atoms with Crippen LogP contribution in [0.3, 0.4) is 0 Å². The summed E-state index contributed by atoms with van der Waals surface area (Å²) >= 11 is 0. The Hall–Kier alpha value is -2.75. The Labute approximate surface area is 141 Å². The Balaban J connectivity index is 1.88. The molecule has 24 heavy (non-hydrogen) atoms. The monoisotopic (exact) mass is 324 g/mol. The van der Waals surface area contributed by atoms with Crippen molar-refractivity contribution < 1.29 is 19.0 Å². The molecule has 0 unspecified atom stereocenters. The molecule has 0 bridgehead atoms. The average Bonchev–Trinajstić information content (AvgIpc) is 2.63. The zero-order valence-electron chi connectivity index (χ0n) is 13.9. The summed E-state index contributed by atoms with van der Waals surface area (Å²) in [6.45, 7) is 2.96. The van der Waals surface area contributed by atoms with Crippen molar-refractivity contribution in [3.63, 3.8) is 0 Å². The predicted octanol–water partition coefficient (Wildman–Crippen LogP) is 4.14. The van der Waals surface area contributed by atoms with E-state index in [2.05, 4.69) is 6.92 Å². The first-order valence-corrected chi connectivity index (χ1v) is 8.01. The molecule has 124 valence electrons. The zero-order valence-corrected chi connectivity index (χ0v) is 13.9. The number of para-hydroxylation sites is 1. The molecule has 0 saturated carbocycles. The van der Waals surface area contributed by atoms with E-state index in [1.807, 2.05) is 42.5 Å². The second-order valence-electron chi connectivity index (χ2n) is 5.54. The fraction of sp³-hybridized carbons (Fsp3) is 0.250. The fourth-order valence-electron chi connectivity index (χ4n) is 2.59. The number of ether oxygens (including phenoxy) is 3. The lowest BCUT2D eigenvalue weighted by molar-refractivity contribution is 0.100. The third kappa shape index (κ3) is 3.27. The van der Waals surface area contributed by atoms with Crippen molar-refractivity contribution in [2.45, 2.75) is 13.3 Å². The Morgan fingerprint density at radius 3 is 2.79 bits per heavy atom. The van der Waals surface area contributed by atoms with Crippen molar-refractivity contribution in [2.24, 2.45) is 0 Å². The predicted molar refractivity (Wildman–Crippen MR) is 93.0 cm³/mol. The number of ketones is 1. The first-order valence-electron chi connectivity index (χ1n) is 8.01. The third-order valence-corrected chi connectivity index (χ3v) is 3.80. The molecule has 0 spiro atoms. The molecule has 0 aromatic heterocycles. The first kappa shape index (κ1) is 16.1. The summed E-state index contributed by atoms with van der Waals surface area (Å²) in [4.78, 5) is 12.6. The standard InChI is InChI=1S/C20H20O4/c1-3-10-23-18-9-8-14(12-19(18)22-2)11-15-13-24-17-7-5-4-6-16(17)20(15)21/h4-9,11-12H,3,10,13H2,1-2H3/b15-11+. The Morgan fingerprint density at radius 1 is 1.17 bits per heavy atom. The van der Waals surface area contributed by atoms with Crippen LogP contribution in [0.25, 0.3) is 6.08 Å². The molecule has 1 aliphatic heterocycles. The van der Waals surface area contributed by atoms with Crippen molar-refractivity contribution in [2.75, 3.05) is 20.3 Å². The van der Waals surface area contributed by atoms with E-state index < -0.39 is 0 Å². The minimum Gasteiger partial charge on any atom is -0.493 e. The molecular weight excluding hydrogens is 304 g/mol. The van der Waals surface area contributed by atoms with Crippen LogP contribution >= 0.6 is 0 Å². The van der Waals surface area contributed by atoms with E-state index in [9.17, 15) is 4.79 Å². The largest absolute Gasteiger partial charge is 0.493 e. The van der Waals surface area contributed by atoms with Gasteiger partial charge in [-0.3, -0.25) is 4.79 Å². The van der Waals surface area contributed by atoms with Crippen molar-refractivity contribution >= 4 is 11.9 Å². The number of rotatable bonds is 5. The van der Waals surface area contributed by atoms with E-state index in [0.717, 1.165) is 12.0 Å². The molecular formula is C20H20O4. The molecule has 4 heteroatoms. The number of hydrogen-bond donors (Lipinski definition) is 0. The van der Waals surface area contributed by atoms with Crippen LogP contribution in [0.2, 0.25) is 0 Å². The van der Waals surface area contributed by atoms with Crippen LogP contribution in [0, 0.1) is 0 Å². The number of hydrogen-bond acceptors (Lipinski definition) is 4. The highest BCUT2D eigenvalue weighted by Gasteiger charge is 2.22. The first-order chi connectivity index (χ1) is 11.7. The van der Waals surface area contributed by atoms with Gasteiger partial charge in [-0.1, -0.05) is 25.1 Å². The second kappa shape index (κ2) is 7.21. The average molecular weight is 324 g/mol. The molecule has 0 aliphatic carbocycles. The van der Waals surface area contributed by atoms with Crippen molar-refractivity contribution in [3.8, 4) is 17.2 Å². The number of carbonyl (C=O) groups excluding carboxylic acids is 1. The van der Waals surface area contributed by atoms with E-state index in [0.29, 0.717) is 35.0 Å². The van der Waals surface area contributed by atoms with Gasteiger partial charge in [-0.25, -0.2) is 0 Å². The van der Waals surface area contributed by atoms with Gasteiger partial charge in [-0.05, 0) is 42.3 Å². The minimum atomic E-state index is 0.00197. The van der Waals surface area contributed by atoms with Crippen LogP contribution in [-0.4, -0.2) is 26.1 Å². The van der Waals surface area contributed by atoms with Crippen molar-refractivity contribution in [1.29, 1.82) is 0 Å². The number of Topliss-reactive ketones (excluding diaryl/α,β-unsaturated/α-hetero) is 1. The highest BCUT2D eigenvalue weighted by molar-refractivity contribution is 6.14. The summed E-state index contributed by atoms with van der Waals surface area (Å²) in [5.41, 5.74) is 2.10. The molecule has 0 fully saturated rings. The van der Waals surface area contributed by atoms with Gasteiger partial charge in [-0.15, -0.1) is 0 Å². The van der Waals surface area contributed by atoms with Crippen LogP contribution in [0.4, 0.5) is 0 Å². The summed E-state index contributed by atoms with van der Waals surface area (Å²) in [6, 6.07) is 12.9. The van der Waals surface area contributed by atoms with Gasteiger partial charge in [0.05, 0.1) is 19.3 Å². The maximum absolute atomic E-state index is 12.6. The van der Waals surface area contributed by atoms with Gasteiger partial charge < -0.3 is 14.2 Å². The van der Waals surface area contributed by atoms with Crippen LogP contribution in [-0.2, 0) is 0 Å². The summed E-state index contributed by atoms with van der Waals surface area (Å²) in [5, 5.41) is 0. The smallest absolute Gasteiger partial charge is 0.196 e. The number of carbonyl (C=O) groups is 1. The van der Waals surface area contributed by atoms with Gasteiger partial charge in [0.15, 0.2) is 17.3 Å². The molecule has 0 atom stereocenters.